The number of amidine groups is 1. The Hall–Kier alpha value is -1.71. The summed E-state index contributed by atoms with van der Waals surface area (Å²) in [5.41, 5.74) is 2.84. The minimum atomic E-state index is -3.69. The predicted molar refractivity (Wildman–Crippen MR) is 112 cm³/mol. The Morgan fingerprint density at radius 1 is 1.33 bits per heavy atom. The van der Waals surface area contributed by atoms with Gasteiger partial charge in [0.2, 0.25) is 0 Å². The summed E-state index contributed by atoms with van der Waals surface area (Å²) < 4.78 is 24.8. The number of hydrazone groups is 1. The van der Waals surface area contributed by atoms with Crippen molar-refractivity contribution in [1.29, 1.82) is 0 Å². The van der Waals surface area contributed by atoms with Crippen molar-refractivity contribution in [2.45, 2.75) is 54.5 Å². The van der Waals surface area contributed by atoms with Crippen LogP contribution in [0.2, 0.25) is 0 Å². The van der Waals surface area contributed by atoms with Crippen LogP contribution in [0.25, 0.3) is 0 Å². The van der Waals surface area contributed by atoms with E-state index in [1.54, 1.807) is 5.01 Å². The molecule has 1 saturated heterocycles. The number of hydrogen-bond acceptors (Lipinski definition) is 6. The van der Waals surface area contributed by atoms with Gasteiger partial charge in [-0.05, 0) is 40.2 Å². The van der Waals surface area contributed by atoms with Crippen molar-refractivity contribution in [3.05, 3.63) is 23.5 Å². The molecule has 0 amide bonds. The molecule has 9 heteroatoms. The van der Waals surface area contributed by atoms with E-state index in [1.807, 2.05) is 48.5 Å². The predicted octanol–water partition coefficient (Wildman–Crippen LogP) is 2.34. The van der Waals surface area contributed by atoms with Crippen molar-refractivity contribution in [2.75, 3.05) is 19.6 Å². The van der Waals surface area contributed by atoms with E-state index >= 15 is 0 Å². The van der Waals surface area contributed by atoms with E-state index in [1.165, 1.54) is 10.6 Å². The van der Waals surface area contributed by atoms with Crippen molar-refractivity contribution in [3.8, 4) is 0 Å². The summed E-state index contributed by atoms with van der Waals surface area (Å²) >= 11 is 0. The third kappa shape index (κ3) is 5.63. The van der Waals surface area contributed by atoms with Crippen molar-refractivity contribution >= 4 is 22.4 Å². The quantitative estimate of drug-likeness (QED) is 0.769. The summed E-state index contributed by atoms with van der Waals surface area (Å²) in [6.07, 6.45) is 1.52. The smallest absolute Gasteiger partial charge is 0.277 e. The van der Waals surface area contributed by atoms with Gasteiger partial charge in [0.15, 0.2) is 5.84 Å². The van der Waals surface area contributed by atoms with Gasteiger partial charge in [0.05, 0.1) is 0 Å². The van der Waals surface area contributed by atoms with Crippen molar-refractivity contribution in [2.24, 2.45) is 21.2 Å². The topological polar surface area (TPSA) is 94.6 Å². The molecule has 0 bridgehead atoms. The molecule has 0 spiro atoms. The second kappa shape index (κ2) is 9.48. The van der Waals surface area contributed by atoms with Crippen LogP contribution in [0, 0.1) is 5.92 Å². The molecule has 27 heavy (non-hydrogen) atoms. The van der Waals surface area contributed by atoms with E-state index < -0.39 is 10.2 Å². The Balaban J connectivity index is 0.00000176. The second-order valence-corrected chi connectivity index (χ2v) is 8.56. The van der Waals surface area contributed by atoms with Crippen LogP contribution in [-0.4, -0.2) is 60.5 Å². The molecule has 0 unspecified atom stereocenters. The van der Waals surface area contributed by atoms with Gasteiger partial charge in [-0.2, -0.15) is 17.8 Å². The molecule has 0 atom stereocenters. The number of hydrogen-bond donors (Lipinski definition) is 1. The number of rotatable bonds is 5. The van der Waals surface area contributed by atoms with Crippen LogP contribution in [0.3, 0.4) is 0 Å². The third-order valence-corrected chi connectivity index (χ3v) is 5.43. The van der Waals surface area contributed by atoms with Gasteiger partial charge in [0, 0.05) is 37.3 Å². The monoisotopic (exact) mass is 398 g/mol. The number of nitrogens with two attached hydrogens (primary N) is 1. The Kier molecular flexibility index (Phi) is 8.19. The molecule has 2 heterocycles. The summed E-state index contributed by atoms with van der Waals surface area (Å²) in [6.45, 7) is 19.4. The molecule has 0 aromatic rings. The van der Waals surface area contributed by atoms with E-state index in [4.69, 9.17) is 5.14 Å². The molecular weight excluding hydrogens is 364 g/mol. The minimum absolute atomic E-state index is 0.157. The lowest BCUT2D eigenvalue weighted by Gasteiger charge is -2.45. The van der Waals surface area contributed by atoms with E-state index in [-0.39, 0.29) is 12.0 Å². The van der Waals surface area contributed by atoms with Gasteiger partial charge in [-0.3, -0.25) is 0 Å². The first-order valence-corrected chi connectivity index (χ1v) is 10.8. The number of likely N-dealkylation sites (tertiary alicyclic amines) is 1. The summed E-state index contributed by atoms with van der Waals surface area (Å²) in [5, 5.41) is 11.4. The summed E-state index contributed by atoms with van der Waals surface area (Å²) in [6, 6.07) is -0.157. The van der Waals surface area contributed by atoms with Crippen molar-refractivity contribution < 1.29 is 8.42 Å². The summed E-state index contributed by atoms with van der Waals surface area (Å²) in [4.78, 5) is 6.57. The van der Waals surface area contributed by atoms with E-state index in [9.17, 15) is 8.42 Å². The second-order valence-electron chi connectivity index (χ2n) is 7.06. The molecule has 1 fully saturated rings. The average molecular weight is 399 g/mol. The lowest BCUT2D eigenvalue weighted by Crippen LogP contribution is -2.57. The number of allylic oxidation sites excluding steroid dienone is 2. The normalized spacial score (nSPS) is 17.6. The molecule has 0 radical (unpaired) electrons. The van der Waals surface area contributed by atoms with Gasteiger partial charge in [-0.1, -0.05) is 20.4 Å². The first kappa shape index (κ1) is 23.3. The Bertz CT molecular complexity index is 729. The molecule has 154 valence electrons. The first-order chi connectivity index (χ1) is 12.5. The third-order valence-electron chi connectivity index (χ3n) is 4.20. The molecular formula is C18H34N6O2S. The van der Waals surface area contributed by atoms with E-state index in [2.05, 4.69) is 21.6 Å². The van der Waals surface area contributed by atoms with Crippen LogP contribution < -0.4 is 5.14 Å². The number of nitrogens with zero attached hydrogens (tertiary/aromatic N) is 5. The molecule has 2 aliphatic rings. The largest absolute Gasteiger partial charge is 0.354 e. The van der Waals surface area contributed by atoms with Crippen molar-refractivity contribution in [3.63, 3.8) is 0 Å². The SMILES string of the molecule is C=C(C)N1N=CN=C(N2CC(CN(C(C)C)S(N)(=O)=O)C2)C1=C(C)C.CC. The highest BCUT2D eigenvalue weighted by molar-refractivity contribution is 7.86. The van der Waals surface area contributed by atoms with Crippen LogP contribution in [0.4, 0.5) is 0 Å². The zero-order chi connectivity index (χ0) is 20.9. The molecule has 2 N–H and O–H groups in total. The zero-order valence-electron chi connectivity index (χ0n) is 17.6. The highest BCUT2D eigenvalue weighted by Gasteiger charge is 2.36. The maximum absolute atomic E-state index is 11.7. The summed E-state index contributed by atoms with van der Waals surface area (Å²) in [7, 11) is -3.69. The van der Waals surface area contributed by atoms with Gasteiger partial charge < -0.3 is 4.90 Å². The molecule has 0 aromatic carbocycles. The fourth-order valence-corrected chi connectivity index (χ4v) is 4.03. The van der Waals surface area contributed by atoms with Crippen LogP contribution in [0.5, 0.6) is 0 Å². The van der Waals surface area contributed by atoms with Gasteiger partial charge >= 0.3 is 0 Å². The van der Waals surface area contributed by atoms with Gasteiger partial charge in [-0.15, -0.1) is 0 Å². The number of aliphatic imine (C=N–C) groups is 1. The Morgan fingerprint density at radius 3 is 2.30 bits per heavy atom. The van der Waals surface area contributed by atoms with Crippen molar-refractivity contribution in [1.82, 2.24) is 14.2 Å². The standard InChI is InChI=1S/C16H28N6O2S.C2H6/c1-11(2)15-16(18-10-19-22(15)13(5)6)20-7-14(8-20)9-21(12(3)4)25(17,23)24;1-2/h10,12,14H,5,7-9H2,1-4,6H3,(H2,17,23,24);1-2H3. The average Bonchev–Trinajstić information content (AvgIpc) is 2.53. The maximum Gasteiger partial charge on any atom is 0.277 e. The van der Waals surface area contributed by atoms with Gasteiger partial charge in [-0.25, -0.2) is 15.1 Å². The molecule has 8 nitrogen and oxygen atoms in total. The van der Waals surface area contributed by atoms with Gasteiger partial charge in [0.25, 0.3) is 10.2 Å². The van der Waals surface area contributed by atoms with Crippen LogP contribution in [0.1, 0.15) is 48.5 Å². The molecule has 0 aromatic heterocycles. The molecule has 2 rings (SSSR count). The lowest BCUT2D eigenvalue weighted by atomic mass is 9.98. The first-order valence-electron chi connectivity index (χ1n) is 9.30. The van der Waals surface area contributed by atoms with Gasteiger partial charge in [0.1, 0.15) is 12.0 Å². The molecule has 0 aliphatic carbocycles. The fraction of sp³-hybridized carbons (Fsp3) is 0.667. The fourth-order valence-electron chi connectivity index (χ4n) is 3.02. The van der Waals surface area contributed by atoms with Crippen LogP contribution >= 0.6 is 0 Å². The molecule has 2 aliphatic heterocycles. The molecule has 0 saturated carbocycles. The van der Waals surface area contributed by atoms with Crippen LogP contribution in [-0.2, 0) is 10.2 Å². The van der Waals surface area contributed by atoms with Crippen LogP contribution in [0.15, 0.2) is 33.6 Å². The minimum Gasteiger partial charge on any atom is -0.354 e. The highest BCUT2D eigenvalue weighted by atomic mass is 32.2. The Labute approximate surface area is 164 Å². The summed E-state index contributed by atoms with van der Waals surface area (Å²) in [5.74, 6) is 1.07. The van der Waals surface area contributed by atoms with E-state index in [0.717, 1.165) is 35.9 Å². The highest BCUT2D eigenvalue weighted by Crippen LogP contribution is 2.27. The Morgan fingerprint density at radius 2 is 1.89 bits per heavy atom. The lowest BCUT2D eigenvalue weighted by molar-refractivity contribution is 0.147. The van der Waals surface area contributed by atoms with E-state index in [0.29, 0.717) is 6.54 Å². The maximum atomic E-state index is 11.7. The zero-order valence-corrected chi connectivity index (χ0v) is 18.4.